The number of nitrogens with one attached hydrogen (secondary N) is 1. The van der Waals surface area contributed by atoms with Gasteiger partial charge >= 0.3 is 0 Å². The first-order valence-corrected chi connectivity index (χ1v) is 9.47. The molecule has 6 heteroatoms. The summed E-state index contributed by atoms with van der Waals surface area (Å²) in [5.74, 6) is 0.780. The summed E-state index contributed by atoms with van der Waals surface area (Å²) in [6.07, 6.45) is 6.34. The van der Waals surface area contributed by atoms with Crippen molar-refractivity contribution >= 4 is 10.2 Å². The van der Waals surface area contributed by atoms with Gasteiger partial charge in [-0.25, -0.2) is 0 Å². The van der Waals surface area contributed by atoms with E-state index in [1.165, 1.54) is 17.5 Å². The molecule has 0 aromatic heterocycles. The van der Waals surface area contributed by atoms with Gasteiger partial charge in [-0.05, 0) is 49.3 Å². The van der Waals surface area contributed by atoms with Crippen molar-refractivity contribution in [3.05, 3.63) is 28.8 Å². The van der Waals surface area contributed by atoms with Crippen molar-refractivity contribution in [1.29, 1.82) is 0 Å². The molecule has 1 aliphatic carbocycles. The van der Waals surface area contributed by atoms with Crippen LogP contribution in [0.5, 0.6) is 5.75 Å². The highest BCUT2D eigenvalue weighted by Gasteiger charge is 2.24. The van der Waals surface area contributed by atoms with E-state index in [9.17, 15) is 8.42 Å². The molecule has 1 aliphatic heterocycles. The van der Waals surface area contributed by atoms with E-state index in [0.717, 1.165) is 43.4 Å². The third kappa shape index (κ3) is 3.29. The van der Waals surface area contributed by atoms with Crippen LogP contribution in [0.4, 0.5) is 0 Å². The molecule has 1 N–H and O–H groups in total. The van der Waals surface area contributed by atoms with Gasteiger partial charge in [0.15, 0.2) is 0 Å². The van der Waals surface area contributed by atoms with E-state index in [4.69, 9.17) is 4.74 Å². The molecular weight excluding hydrogens is 300 g/mol. The maximum Gasteiger partial charge on any atom is 0.279 e. The maximum absolute atomic E-state index is 12.4. The van der Waals surface area contributed by atoms with Gasteiger partial charge < -0.3 is 4.74 Å². The number of fused-ring (bicyclic) bond motifs is 1. The Morgan fingerprint density at radius 3 is 2.45 bits per heavy atom. The number of methoxy groups -OCH3 is 1. The molecule has 1 aromatic carbocycles. The van der Waals surface area contributed by atoms with Gasteiger partial charge in [-0.15, -0.1) is 0 Å². The zero-order chi connectivity index (χ0) is 15.6. The number of aryl methyl sites for hydroxylation is 2. The average molecular weight is 324 g/mol. The summed E-state index contributed by atoms with van der Waals surface area (Å²) in [5.41, 5.74) is 3.58. The normalized spacial score (nSPS) is 19.1. The fourth-order valence-electron chi connectivity index (χ4n) is 3.35. The number of piperidine rings is 1. The molecule has 0 radical (unpaired) electrons. The summed E-state index contributed by atoms with van der Waals surface area (Å²) in [6, 6.07) is 4.16. The second kappa shape index (κ2) is 6.56. The number of benzene rings is 1. The van der Waals surface area contributed by atoms with Crippen molar-refractivity contribution < 1.29 is 13.2 Å². The zero-order valence-corrected chi connectivity index (χ0v) is 13.9. The predicted octanol–water partition coefficient (Wildman–Crippen LogP) is 2.00. The standard InChI is InChI=1S/C16H24N2O3S/c1-21-16-11-14-7-5-6-13(14)10-15(16)12-17-22(19,20)18-8-3-2-4-9-18/h10-11,17H,2-9,12H2,1H3. The van der Waals surface area contributed by atoms with Crippen molar-refractivity contribution in [3.8, 4) is 5.75 Å². The van der Waals surface area contributed by atoms with Gasteiger partial charge in [-0.2, -0.15) is 17.4 Å². The molecule has 0 spiro atoms. The lowest BCUT2D eigenvalue weighted by atomic mass is 10.1. The predicted molar refractivity (Wildman–Crippen MR) is 86.2 cm³/mol. The van der Waals surface area contributed by atoms with E-state index in [2.05, 4.69) is 16.9 Å². The lowest BCUT2D eigenvalue weighted by Gasteiger charge is -2.26. The van der Waals surface area contributed by atoms with Crippen LogP contribution in [0.25, 0.3) is 0 Å². The Hall–Kier alpha value is -1.11. The largest absolute Gasteiger partial charge is 0.496 e. The minimum atomic E-state index is -3.39. The summed E-state index contributed by atoms with van der Waals surface area (Å²) in [6.45, 7) is 1.53. The Balaban J connectivity index is 1.73. The third-order valence-electron chi connectivity index (χ3n) is 4.59. The van der Waals surface area contributed by atoms with Crippen molar-refractivity contribution in [2.24, 2.45) is 0 Å². The highest BCUT2D eigenvalue weighted by molar-refractivity contribution is 7.87. The SMILES string of the molecule is COc1cc2c(cc1CNS(=O)(=O)N1CCCCC1)CCC2. The van der Waals surface area contributed by atoms with Crippen LogP contribution in [0, 0.1) is 0 Å². The van der Waals surface area contributed by atoms with Gasteiger partial charge in [0.05, 0.1) is 7.11 Å². The lowest BCUT2D eigenvalue weighted by molar-refractivity contribution is 0.341. The molecule has 0 saturated carbocycles. The van der Waals surface area contributed by atoms with Crippen LogP contribution in [0.15, 0.2) is 12.1 Å². The molecule has 22 heavy (non-hydrogen) atoms. The number of ether oxygens (including phenoxy) is 1. The van der Waals surface area contributed by atoms with Crippen LogP contribution in [0.1, 0.15) is 42.4 Å². The van der Waals surface area contributed by atoms with Crippen LogP contribution in [-0.4, -0.2) is 32.9 Å². The van der Waals surface area contributed by atoms with Gasteiger partial charge in [0.25, 0.3) is 10.2 Å². The number of rotatable bonds is 5. The average Bonchev–Trinajstić information content (AvgIpc) is 3.00. The van der Waals surface area contributed by atoms with Crippen molar-refractivity contribution in [1.82, 2.24) is 9.03 Å². The maximum atomic E-state index is 12.4. The fraction of sp³-hybridized carbons (Fsp3) is 0.625. The minimum absolute atomic E-state index is 0.287. The molecule has 122 valence electrons. The first-order chi connectivity index (χ1) is 10.6. The van der Waals surface area contributed by atoms with E-state index in [1.807, 2.05) is 0 Å². The van der Waals surface area contributed by atoms with Crippen molar-refractivity contribution in [2.45, 2.75) is 45.1 Å². The highest BCUT2D eigenvalue weighted by atomic mass is 32.2. The summed E-state index contributed by atoms with van der Waals surface area (Å²) >= 11 is 0. The van der Waals surface area contributed by atoms with E-state index < -0.39 is 10.2 Å². The lowest BCUT2D eigenvalue weighted by Crippen LogP contribution is -2.43. The van der Waals surface area contributed by atoms with Gasteiger partial charge in [0.2, 0.25) is 0 Å². The van der Waals surface area contributed by atoms with Crippen LogP contribution in [0.3, 0.4) is 0 Å². The highest BCUT2D eigenvalue weighted by Crippen LogP contribution is 2.30. The van der Waals surface area contributed by atoms with Gasteiger partial charge in [0.1, 0.15) is 5.75 Å². The van der Waals surface area contributed by atoms with E-state index in [0.29, 0.717) is 13.1 Å². The number of hydrogen-bond donors (Lipinski definition) is 1. The van der Waals surface area contributed by atoms with Crippen molar-refractivity contribution in [2.75, 3.05) is 20.2 Å². The van der Waals surface area contributed by atoms with E-state index >= 15 is 0 Å². The minimum Gasteiger partial charge on any atom is -0.496 e. The van der Waals surface area contributed by atoms with Crippen molar-refractivity contribution in [3.63, 3.8) is 0 Å². The number of hydrogen-bond acceptors (Lipinski definition) is 3. The quantitative estimate of drug-likeness (QED) is 0.901. The Kier molecular flexibility index (Phi) is 4.70. The molecule has 1 heterocycles. The Bertz CT molecular complexity index is 637. The monoisotopic (exact) mass is 324 g/mol. The molecular formula is C16H24N2O3S. The summed E-state index contributed by atoms with van der Waals surface area (Å²) in [4.78, 5) is 0. The molecule has 2 aliphatic rings. The van der Waals surface area contributed by atoms with Crippen LogP contribution < -0.4 is 9.46 Å². The molecule has 1 saturated heterocycles. The molecule has 3 rings (SSSR count). The first kappa shape index (κ1) is 15.8. The van der Waals surface area contributed by atoms with Crippen LogP contribution in [0.2, 0.25) is 0 Å². The van der Waals surface area contributed by atoms with Gasteiger partial charge in [0, 0.05) is 25.2 Å². The summed E-state index contributed by atoms with van der Waals surface area (Å²) < 4.78 is 34.4. The molecule has 0 atom stereocenters. The second-order valence-electron chi connectivity index (χ2n) is 6.07. The zero-order valence-electron chi connectivity index (χ0n) is 13.1. The topological polar surface area (TPSA) is 58.6 Å². The summed E-state index contributed by atoms with van der Waals surface area (Å²) in [5, 5.41) is 0. The Morgan fingerprint density at radius 2 is 1.77 bits per heavy atom. The molecule has 0 amide bonds. The van der Waals surface area contributed by atoms with Gasteiger partial charge in [-0.3, -0.25) is 0 Å². The fourth-order valence-corrected chi connectivity index (χ4v) is 4.61. The summed E-state index contributed by atoms with van der Waals surface area (Å²) in [7, 11) is -1.75. The number of nitrogens with zero attached hydrogens (tertiary/aromatic N) is 1. The third-order valence-corrected chi connectivity index (χ3v) is 6.15. The first-order valence-electron chi connectivity index (χ1n) is 8.03. The van der Waals surface area contributed by atoms with Gasteiger partial charge in [-0.1, -0.05) is 12.5 Å². The molecule has 0 bridgehead atoms. The Labute approximate surface area is 132 Å². The van der Waals surface area contributed by atoms with E-state index in [-0.39, 0.29) is 6.54 Å². The second-order valence-corrected chi connectivity index (χ2v) is 7.83. The molecule has 1 fully saturated rings. The van der Waals surface area contributed by atoms with Crippen LogP contribution >= 0.6 is 0 Å². The molecule has 5 nitrogen and oxygen atoms in total. The Morgan fingerprint density at radius 1 is 1.09 bits per heavy atom. The molecule has 1 aromatic rings. The smallest absolute Gasteiger partial charge is 0.279 e. The van der Waals surface area contributed by atoms with E-state index in [1.54, 1.807) is 11.4 Å². The van der Waals surface area contributed by atoms with Crippen LogP contribution in [-0.2, 0) is 29.6 Å². The molecule has 0 unspecified atom stereocenters.